The molecule has 0 aromatic rings. The molecule has 0 bridgehead atoms. The van der Waals surface area contributed by atoms with E-state index in [-0.39, 0.29) is 15.0 Å². The van der Waals surface area contributed by atoms with E-state index >= 15 is 0 Å². The first-order valence-electron chi connectivity index (χ1n) is 2.70. The number of nitrogens with one attached hydrogen (secondary N) is 1. The molecule has 0 radical (unpaired) electrons. The quantitative estimate of drug-likeness (QED) is 0.496. The first-order chi connectivity index (χ1) is 3.80. The van der Waals surface area contributed by atoms with E-state index in [1.807, 2.05) is 0 Å². The monoisotopic (exact) mass is 150 g/mol. The average molecular weight is 150 g/mol. The topological polar surface area (TPSA) is 38.0 Å². The molecule has 0 saturated carbocycles. The molecule has 1 heterocycles. The van der Waals surface area contributed by atoms with Crippen LogP contribution in [0.15, 0.2) is 0 Å². The molecule has 1 aliphatic rings. The van der Waals surface area contributed by atoms with Gasteiger partial charge in [-0.25, -0.2) is 0 Å². The molecule has 1 rings (SSSR count). The van der Waals surface area contributed by atoms with Gasteiger partial charge in [-0.15, -0.1) is 0 Å². The third-order valence-electron chi connectivity index (χ3n) is 1.18. The minimum atomic E-state index is -0.124. The zero-order chi connectivity index (χ0) is 5.98. The molecule has 2 atom stereocenters. The number of hydrogen-bond donors (Lipinski definition) is 2. The molecule has 4 heteroatoms. The van der Waals surface area contributed by atoms with Crippen molar-refractivity contribution in [1.29, 1.82) is 0 Å². The van der Waals surface area contributed by atoms with Crippen molar-refractivity contribution in [3.05, 3.63) is 0 Å². The van der Waals surface area contributed by atoms with Crippen LogP contribution in [0.2, 0.25) is 0 Å². The summed E-state index contributed by atoms with van der Waals surface area (Å²) in [6.45, 7) is 1.06. The second kappa shape index (κ2) is 2.87. The molecule has 1 saturated heterocycles. The summed E-state index contributed by atoms with van der Waals surface area (Å²) in [4.78, 5) is 0. The Morgan fingerprint density at radius 1 is 1.75 bits per heavy atom. The molecule has 2 unspecified atom stereocenters. The van der Waals surface area contributed by atoms with Crippen molar-refractivity contribution in [1.82, 2.24) is 4.72 Å². The summed E-state index contributed by atoms with van der Waals surface area (Å²) in [6, 6.07) is 0. The molecule has 0 spiro atoms. The van der Waals surface area contributed by atoms with E-state index in [1.165, 1.54) is 6.42 Å². The predicted molar refractivity (Wildman–Crippen MR) is 39.9 cm³/mol. The van der Waals surface area contributed by atoms with Gasteiger partial charge in [-0.1, -0.05) is 0 Å². The Kier molecular flexibility index (Phi) is 2.37. The Balaban J connectivity index is 2.39. The summed E-state index contributed by atoms with van der Waals surface area (Å²) in [6.07, 6.45) is 2.28. The maximum Gasteiger partial charge on any atom is 0.0690 e. The highest BCUT2D eigenvalue weighted by atomic mass is 32.8. The van der Waals surface area contributed by atoms with Gasteiger partial charge in [-0.3, -0.25) is 4.72 Å². The Morgan fingerprint density at radius 3 is 2.88 bits per heavy atom. The molecular weight excluding hydrogens is 140 g/mol. The first kappa shape index (κ1) is 6.61. The van der Waals surface area contributed by atoms with Crippen LogP contribution in [0.1, 0.15) is 12.8 Å². The summed E-state index contributed by atoms with van der Waals surface area (Å²) < 4.78 is 3.15. The minimum Gasteiger partial charge on any atom is -0.318 e. The minimum absolute atomic E-state index is 0.124. The Labute approximate surface area is 56.6 Å². The zero-order valence-electron chi connectivity index (χ0n) is 4.59. The Bertz CT molecular complexity index is 104. The largest absolute Gasteiger partial charge is 0.318 e. The van der Waals surface area contributed by atoms with Crippen LogP contribution in [-0.2, 0) is 20.8 Å². The van der Waals surface area contributed by atoms with Crippen LogP contribution in [0, 0.1) is 0 Å². The van der Waals surface area contributed by atoms with Gasteiger partial charge in [0, 0.05) is 6.54 Å². The van der Waals surface area contributed by atoms with E-state index in [9.17, 15) is 0 Å². The lowest BCUT2D eigenvalue weighted by molar-refractivity contribution is 0.668. The van der Waals surface area contributed by atoms with E-state index in [4.69, 9.17) is 16.9 Å². The van der Waals surface area contributed by atoms with E-state index in [0.717, 1.165) is 13.0 Å². The summed E-state index contributed by atoms with van der Waals surface area (Å²) in [5.41, 5.74) is 5.62. The van der Waals surface area contributed by atoms with Crippen LogP contribution in [-0.4, -0.2) is 11.9 Å². The van der Waals surface area contributed by atoms with E-state index in [2.05, 4.69) is 4.72 Å². The van der Waals surface area contributed by atoms with Gasteiger partial charge in [0.25, 0.3) is 0 Å². The fourth-order valence-electron chi connectivity index (χ4n) is 0.690. The van der Waals surface area contributed by atoms with E-state index in [0.29, 0.717) is 0 Å². The summed E-state index contributed by atoms with van der Waals surface area (Å²) in [5, 5.41) is 0.235. The van der Waals surface area contributed by atoms with Crippen molar-refractivity contribution >= 4 is 20.8 Å². The number of hydrogen-bond acceptors (Lipinski definition) is 2. The van der Waals surface area contributed by atoms with E-state index in [1.54, 1.807) is 0 Å². The summed E-state index contributed by atoms with van der Waals surface area (Å²) >= 11 is 5.00. The standard InChI is InChI=1S/C4H10N2S2/c5-4-2-1-3-6-8(4)7/h4,6H,1-3,5H2. The third-order valence-corrected chi connectivity index (χ3v) is 3.55. The second-order valence-corrected chi connectivity index (χ2v) is 4.44. The van der Waals surface area contributed by atoms with Crippen molar-refractivity contribution in [3.63, 3.8) is 0 Å². The van der Waals surface area contributed by atoms with Crippen LogP contribution in [0.25, 0.3) is 0 Å². The molecular formula is C4H10N2S2. The highest BCUT2D eigenvalue weighted by Gasteiger charge is 2.10. The number of nitrogens with two attached hydrogens (primary N) is 1. The molecule has 1 fully saturated rings. The van der Waals surface area contributed by atoms with Gasteiger partial charge >= 0.3 is 0 Å². The van der Waals surface area contributed by atoms with Crippen molar-refractivity contribution in [2.24, 2.45) is 5.73 Å². The molecule has 0 aromatic carbocycles. The van der Waals surface area contributed by atoms with Crippen molar-refractivity contribution in [3.8, 4) is 0 Å². The molecule has 48 valence electrons. The van der Waals surface area contributed by atoms with Gasteiger partial charge in [0.1, 0.15) is 0 Å². The van der Waals surface area contributed by atoms with Crippen molar-refractivity contribution in [2.45, 2.75) is 18.2 Å². The lowest BCUT2D eigenvalue weighted by atomic mass is 10.3. The second-order valence-electron chi connectivity index (χ2n) is 1.87. The number of rotatable bonds is 0. The van der Waals surface area contributed by atoms with Gasteiger partial charge in [-0.05, 0) is 33.7 Å². The van der Waals surface area contributed by atoms with E-state index < -0.39 is 0 Å². The maximum absolute atomic E-state index is 5.62. The Morgan fingerprint density at radius 2 is 2.50 bits per heavy atom. The third kappa shape index (κ3) is 1.48. The molecule has 3 N–H and O–H groups in total. The summed E-state index contributed by atoms with van der Waals surface area (Å²) in [7, 11) is -0.124. The molecule has 0 aromatic heterocycles. The van der Waals surface area contributed by atoms with Crippen LogP contribution in [0.3, 0.4) is 0 Å². The highest BCUT2D eigenvalue weighted by Crippen LogP contribution is 2.02. The van der Waals surface area contributed by atoms with Gasteiger partial charge in [0.05, 0.1) is 5.37 Å². The maximum atomic E-state index is 5.62. The lowest BCUT2D eigenvalue weighted by Gasteiger charge is -2.20. The molecule has 0 amide bonds. The lowest BCUT2D eigenvalue weighted by Crippen LogP contribution is -2.39. The van der Waals surface area contributed by atoms with Gasteiger partial charge in [0.2, 0.25) is 0 Å². The highest BCUT2D eigenvalue weighted by molar-refractivity contribution is 8.28. The molecule has 0 aliphatic carbocycles. The van der Waals surface area contributed by atoms with Crippen LogP contribution in [0.5, 0.6) is 0 Å². The summed E-state index contributed by atoms with van der Waals surface area (Å²) in [5.74, 6) is 0. The van der Waals surface area contributed by atoms with Crippen LogP contribution < -0.4 is 10.5 Å². The smallest absolute Gasteiger partial charge is 0.0690 e. The fourth-order valence-corrected chi connectivity index (χ4v) is 2.17. The van der Waals surface area contributed by atoms with Crippen LogP contribution >= 0.6 is 0 Å². The molecule has 8 heavy (non-hydrogen) atoms. The fraction of sp³-hybridized carbons (Fsp3) is 1.00. The average Bonchev–Trinajstić information content (AvgIpc) is 1.77. The predicted octanol–water partition coefficient (Wildman–Crippen LogP) is -0.350. The zero-order valence-corrected chi connectivity index (χ0v) is 6.23. The van der Waals surface area contributed by atoms with Crippen molar-refractivity contribution < 1.29 is 0 Å². The normalized spacial score (nSPS) is 39.6. The molecule has 2 nitrogen and oxygen atoms in total. The SMILES string of the molecule is NC1CCCNS1=S. The first-order valence-corrected chi connectivity index (χ1v) is 4.91. The van der Waals surface area contributed by atoms with Gasteiger partial charge in [0.15, 0.2) is 0 Å². The van der Waals surface area contributed by atoms with Gasteiger partial charge in [-0.2, -0.15) is 0 Å². The van der Waals surface area contributed by atoms with Crippen LogP contribution in [0.4, 0.5) is 0 Å². The Hall–Kier alpha value is 0.490. The van der Waals surface area contributed by atoms with Gasteiger partial charge < -0.3 is 5.73 Å². The van der Waals surface area contributed by atoms with Crippen molar-refractivity contribution in [2.75, 3.05) is 6.54 Å². The molecule has 1 aliphatic heterocycles.